The largest absolute Gasteiger partial charge is 0.328 e. The van der Waals surface area contributed by atoms with Crippen LogP contribution in [-0.2, 0) is 0 Å². The van der Waals surface area contributed by atoms with Gasteiger partial charge in [0.25, 0.3) is 0 Å². The van der Waals surface area contributed by atoms with Crippen molar-refractivity contribution >= 4 is 0 Å². The summed E-state index contributed by atoms with van der Waals surface area (Å²) in [6.45, 7) is 9.40. The SMILES string of the molecule is CCCCC(C)(C)N1CCC(N)CC1. The van der Waals surface area contributed by atoms with Crippen molar-refractivity contribution in [2.24, 2.45) is 5.73 Å². The molecule has 1 fully saturated rings. The maximum absolute atomic E-state index is 5.91. The molecule has 0 spiro atoms. The highest BCUT2D eigenvalue weighted by molar-refractivity contribution is 4.86. The Morgan fingerprint density at radius 3 is 2.36 bits per heavy atom. The molecule has 0 aromatic carbocycles. The molecule has 0 saturated carbocycles. The number of hydrogen-bond acceptors (Lipinski definition) is 2. The average Bonchev–Trinajstić information content (AvgIpc) is 2.16. The summed E-state index contributed by atoms with van der Waals surface area (Å²) in [6.07, 6.45) is 6.32. The lowest BCUT2D eigenvalue weighted by molar-refractivity contribution is 0.0798. The number of nitrogens with zero attached hydrogens (tertiary/aromatic N) is 1. The van der Waals surface area contributed by atoms with E-state index in [0.717, 1.165) is 0 Å². The Labute approximate surface area is 88.8 Å². The molecule has 84 valence electrons. The molecule has 1 aliphatic rings. The normalized spacial score (nSPS) is 21.4. The molecule has 0 bridgehead atoms. The molecule has 0 aromatic rings. The number of rotatable bonds is 4. The number of unbranched alkanes of at least 4 members (excludes halogenated alkanes) is 1. The third-order valence-corrected chi connectivity index (χ3v) is 3.54. The molecule has 0 atom stereocenters. The van der Waals surface area contributed by atoms with Crippen LogP contribution in [0.4, 0.5) is 0 Å². The van der Waals surface area contributed by atoms with E-state index in [9.17, 15) is 0 Å². The topological polar surface area (TPSA) is 29.3 Å². The van der Waals surface area contributed by atoms with Gasteiger partial charge in [0.2, 0.25) is 0 Å². The van der Waals surface area contributed by atoms with Crippen molar-refractivity contribution < 1.29 is 0 Å². The van der Waals surface area contributed by atoms with Crippen molar-refractivity contribution in [2.45, 2.75) is 64.5 Å². The Morgan fingerprint density at radius 1 is 1.29 bits per heavy atom. The summed E-state index contributed by atoms with van der Waals surface area (Å²) in [5.74, 6) is 0. The molecule has 1 aliphatic heterocycles. The minimum atomic E-state index is 0.385. The van der Waals surface area contributed by atoms with Gasteiger partial charge in [-0.05, 0) is 33.1 Å². The van der Waals surface area contributed by atoms with Gasteiger partial charge in [0, 0.05) is 24.7 Å². The van der Waals surface area contributed by atoms with E-state index in [1.54, 1.807) is 0 Å². The smallest absolute Gasteiger partial charge is 0.0153 e. The Kier molecular flexibility index (Phi) is 4.39. The van der Waals surface area contributed by atoms with Crippen molar-refractivity contribution in [3.63, 3.8) is 0 Å². The lowest BCUT2D eigenvalue weighted by Gasteiger charge is -2.42. The Morgan fingerprint density at radius 2 is 1.86 bits per heavy atom. The summed E-state index contributed by atoms with van der Waals surface area (Å²) >= 11 is 0. The molecule has 0 radical (unpaired) electrons. The molecule has 1 saturated heterocycles. The first-order valence-corrected chi connectivity index (χ1v) is 6.07. The molecule has 1 heterocycles. The summed E-state index contributed by atoms with van der Waals surface area (Å²) in [5, 5.41) is 0. The second-order valence-corrected chi connectivity index (χ2v) is 5.24. The second kappa shape index (κ2) is 5.13. The highest BCUT2D eigenvalue weighted by Crippen LogP contribution is 2.24. The Balaban J connectivity index is 2.38. The number of hydrogen-bond donors (Lipinski definition) is 1. The fourth-order valence-electron chi connectivity index (χ4n) is 2.27. The van der Waals surface area contributed by atoms with Crippen LogP contribution in [0.2, 0.25) is 0 Å². The quantitative estimate of drug-likeness (QED) is 0.751. The van der Waals surface area contributed by atoms with Crippen LogP contribution < -0.4 is 5.73 Å². The van der Waals surface area contributed by atoms with Crippen LogP contribution in [0.3, 0.4) is 0 Å². The zero-order valence-electron chi connectivity index (χ0n) is 10.1. The van der Waals surface area contributed by atoms with E-state index in [-0.39, 0.29) is 0 Å². The molecular formula is C12H26N2. The predicted molar refractivity (Wildman–Crippen MR) is 62.4 cm³/mol. The first-order chi connectivity index (χ1) is 6.56. The fraction of sp³-hybridized carbons (Fsp3) is 1.00. The van der Waals surface area contributed by atoms with E-state index in [1.165, 1.54) is 45.2 Å². The number of likely N-dealkylation sites (tertiary alicyclic amines) is 1. The standard InChI is InChI=1S/C12H26N2/c1-4-5-8-12(2,3)14-9-6-11(13)7-10-14/h11H,4-10,13H2,1-3H3. The molecule has 14 heavy (non-hydrogen) atoms. The zero-order chi connectivity index (χ0) is 10.6. The Bertz CT molecular complexity index is 158. The van der Waals surface area contributed by atoms with Gasteiger partial charge < -0.3 is 5.73 Å². The summed E-state index contributed by atoms with van der Waals surface area (Å²) in [5.41, 5.74) is 6.30. The summed E-state index contributed by atoms with van der Waals surface area (Å²) in [4.78, 5) is 2.62. The van der Waals surface area contributed by atoms with Crippen LogP contribution in [-0.4, -0.2) is 29.6 Å². The molecule has 0 aromatic heterocycles. The first kappa shape index (κ1) is 12.0. The van der Waals surface area contributed by atoms with E-state index in [4.69, 9.17) is 5.73 Å². The van der Waals surface area contributed by atoms with Crippen LogP contribution in [0.5, 0.6) is 0 Å². The van der Waals surface area contributed by atoms with E-state index in [0.29, 0.717) is 11.6 Å². The van der Waals surface area contributed by atoms with Gasteiger partial charge in [-0.3, -0.25) is 4.90 Å². The maximum atomic E-state index is 5.91. The minimum absolute atomic E-state index is 0.385. The van der Waals surface area contributed by atoms with Crippen molar-refractivity contribution in [3.8, 4) is 0 Å². The molecule has 1 rings (SSSR count). The van der Waals surface area contributed by atoms with Gasteiger partial charge in [-0.2, -0.15) is 0 Å². The van der Waals surface area contributed by atoms with Crippen LogP contribution in [0, 0.1) is 0 Å². The third kappa shape index (κ3) is 3.25. The fourth-order valence-corrected chi connectivity index (χ4v) is 2.27. The van der Waals surface area contributed by atoms with Gasteiger partial charge >= 0.3 is 0 Å². The molecule has 0 unspecified atom stereocenters. The van der Waals surface area contributed by atoms with Gasteiger partial charge in [-0.15, -0.1) is 0 Å². The van der Waals surface area contributed by atoms with Crippen LogP contribution in [0.25, 0.3) is 0 Å². The lowest BCUT2D eigenvalue weighted by Crippen LogP contribution is -2.50. The third-order valence-electron chi connectivity index (χ3n) is 3.54. The van der Waals surface area contributed by atoms with Crippen molar-refractivity contribution in [1.29, 1.82) is 0 Å². The van der Waals surface area contributed by atoms with E-state index < -0.39 is 0 Å². The van der Waals surface area contributed by atoms with Crippen molar-refractivity contribution in [3.05, 3.63) is 0 Å². The average molecular weight is 198 g/mol. The highest BCUT2D eigenvalue weighted by atomic mass is 15.2. The van der Waals surface area contributed by atoms with Gasteiger partial charge in [-0.25, -0.2) is 0 Å². The highest BCUT2D eigenvalue weighted by Gasteiger charge is 2.28. The van der Waals surface area contributed by atoms with E-state index in [2.05, 4.69) is 25.7 Å². The molecular weight excluding hydrogens is 172 g/mol. The summed E-state index contributed by atoms with van der Waals surface area (Å²) in [6, 6.07) is 0.452. The van der Waals surface area contributed by atoms with Gasteiger partial charge in [0.05, 0.1) is 0 Å². The first-order valence-electron chi connectivity index (χ1n) is 6.07. The predicted octanol–water partition coefficient (Wildman–Crippen LogP) is 2.38. The second-order valence-electron chi connectivity index (χ2n) is 5.24. The molecule has 0 amide bonds. The van der Waals surface area contributed by atoms with Gasteiger partial charge in [0.1, 0.15) is 0 Å². The van der Waals surface area contributed by atoms with Crippen molar-refractivity contribution in [2.75, 3.05) is 13.1 Å². The van der Waals surface area contributed by atoms with Gasteiger partial charge in [-0.1, -0.05) is 19.8 Å². The van der Waals surface area contributed by atoms with Crippen LogP contribution in [0.15, 0.2) is 0 Å². The number of nitrogens with two attached hydrogens (primary N) is 1. The zero-order valence-corrected chi connectivity index (χ0v) is 10.1. The van der Waals surface area contributed by atoms with Gasteiger partial charge in [0.15, 0.2) is 0 Å². The van der Waals surface area contributed by atoms with E-state index >= 15 is 0 Å². The number of piperidine rings is 1. The van der Waals surface area contributed by atoms with Crippen molar-refractivity contribution in [1.82, 2.24) is 4.90 Å². The lowest BCUT2D eigenvalue weighted by atomic mass is 9.92. The van der Waals surface area contributed by atoms with Crippen LogP contribution >= 0.6 is 0 Å². The molecule has 2 nitrogen and oxygen atoms in total. The summed E-state index contributed by atoms with van der Waals surface area (Å²) in [7, 11) is 0. The van der Waals surface area contributed by atoms with E-state index in [1.807, 2.05) is 0 Å². The molecule has 2 heteroatoms. The molecule has 2 N–H and O–H groups in total. The summed E-state index contributed by atoms with van der Waals surface area (Å²) < 4.78 is 0. The van der Waals surface area contributed by atoms with Crippen LogP contribution in [0.1, 0.15) is 52.9 Å². The Hall–Kier alpha value is -0.0800. The monoisotopic (exact) mass is 198 g/mol. The molecule has 0 aliphatic carbocycles. The minimum Gasteiger partial charge on any atom is -0.328 e. The maximum Gasteiger partial charge on any atom is 0.0153 e.